The van der Waals surface area contributed by atoms with Crippen LogP contribution in [0.3, 0.4) is 0 Å². The van der Waals surface area contributed by atoms with Crippen LogP contribution >= 0.6 is 0 Å². The third kappa shape index (κ3) is 4.90. The molecule has 5 nitrogen and oxygen atoms in total. The maximum Gasteiger partial charge on any atom is 0.303 e. The number of carbonyl (C=O) groups is 1. The average Bonchev–Trinajstić information content (AvgIpc) is 3.11. The minimum atomic E-state index is -1.27. The van der Waals surface area contributed by atoms with Gasteiger partial charge in [0.15, 0.2) is 0 Å². The van der Waals surface area contributed by atoms with E-state index in [1.807, 2.05) is 13.0 Å². The Morgan fingerprint density at radius 3 is 2.26 bits per heavy atom. The summed E-state index contributed by atoms with van der Waals surface area (Å²) in [6.45, 7) is 16.8. The summed E-state index contributed by atoms with van der Waals surface area (Å²) in [5, 5.41) is 40.6. The number of allylic oxidation sites excluding steroid dienone is 1. The Hall–Kier alpha value is -1.17. The molecule has 3 aliphatic rings. The molecule has 0 amide bonds. The summed E-state index contributed by atoms with van der Waals surface area (Å²) >= 11 is 0. The van der Waals surface area contributed by atoms with Gasteiger partial charge >= 0.3 is 5.97 Å². The number of carboxylic acids is 1. The lowest BCUT2D eigenvalue weighted by atomic mass is 9.38. The van der Waals surface area contributed by atoms with Gasteiger partial charge < -0.3 is 20.4 Å². The van der Waals surface area contributed by atoms with Crippen molar-refractivity contribution in [2.75, 3.05) is 6.61 Å². The molecule has 200 valence electrons. The molecule has 4 N–H and O–H groups in total. The molecule has 0 radical (unpaired) electrons. The molecule has 3 saturated carbocycles. The molecule has 3 aliphatic carbocycles. The average molecular weight is 491 g/mol. The smallest absolute Gasteiger partial charge is 0.303 e. The molecule has 0 saturated heterocycles. The van der Waals surface area contributed by atoms with E-state index in [1.54, 1.807) is 13.0 Å². The van der Waals surface area contributed by atoms with Crippen LogP contribution in [0.4, 0.5) is 0 Å². The molecule has 0 aromatic rings. The zero-order chi connectivity index (χ0) is 26.4. The Morgan fingerprint density at radius 1 is 1.06 bits per heavy atom. The molecule has 5 heteroatoms. The van der Waals surface area contributed by atoms with E-state index < -0.39 is 17.2 Å². The Balaban J connectivity index is 1.89. The van der Waals surface area contributed by atoms with E-state index in [0.29, 0.717) is 30.6 Å². The van der Waals surface area contributed by atoms with Gasteiger partial charge in [0.05, 0.1) is 12.2 Å². The fraction of sp³-hybridized carbons (Fsp3) is 0.833. The number of aliphatic hydroxyl groups is 3. The summed E-state index contributed by atoms with van der Waals surface area (Å²) in [7, 11) is 0. The summed E-state index contributed by atoms with van der Waals surface area (Å²) in [6, 6.07) is 0. The predicted molar refractivity (Wildman–Crippen MR) is 140 cm³/mol. The van der Waals surface area contributed by atoms with Crippen molar-refractivity contribution < 1.29 is 25.2 Å². The molecular weight excluding hydrogens is 440 g/mol. The molecule has 0 spiro atoms. The monoisotopic (exact) mass is 490 g/mol. The van der Waals surface area contributed by atoms with Gasteiger partial charge in [-0.15, -0.1) is 0 Å². The molecule has 9 atom stereocenters. The van der Waals surface area contributed by atoms with Gasteiger partial charge in [-0.05, 0) is 112 Å². The summed E-state index contributed by atoms with van der Waals surface area (Å²) < 4.78 is 0. The Morgan fingerprint density at radius 2 is 1.69 bits per heavy atom. The fourth-order valence-electron chi connectivity index (χ4n) is 9.15. The van der Waals surface area contributed by atoms with Crippen LogP contribution in [-0.4, -0.2) is 44.2 Å². The largest absolute Gasteiger partial charge is 0.481 e. The van der Waals surface area contributed by atoms with E-state index in [2.05, 4.69) is 34.3 Å². The van der Waals surface area contributed by atoms with Gasteiger partial charge in [0.2, 0.25) is 0 Å². The molecule has 0 heterocycles. The van der Waals surface area contributed by atoms with E-state index in [0.717, 1.165) is 38.5 Å². The standard InChI is InChI=1S/C30H50O5/c1-20(2)21-11-18-29(6)24(27(21,4)16-13-25(32)33)10-9-22-23(12-17-28(22,29)5)30(7,35)15-8-14-26(3,34)19-31/h8,14,21-24,31,34-35H,1,9-13,15-19H2,2-7H3,(H,32,33). The minimum Gasteiger partial charge on any atom is -0.481 e. The first-order valence-corrected chi connectivity index (χ1v) is 13.6. The summed E-state index contributed by atoms with van der Waals surface area (Å²) in [5.41, 5.74) is -0.857. The third-order valence-electron chi connectivity index (χ3n) is 11.3. The van der Waals surface area contributed by atoms with Crippen LogP contribution in [0.25, 0.3) is 0 Å². The van der Waals surface area contributed by atoms with Crippen molar-refractivity contribution in [2.45, 2.75) is 111 Å². The first-order valence-electron chi connectivity index (χ1n) is 13.6. The van der Waals surface area contributed by atoms with Crippen LogP contribution in [0.2, 0.25) is 0 Å². The van der Waals surface area contributed by atoms with Gasteiger partial charge in [0, 0.05) is 6.42 Å². The maximum atomic E-state index is 11.6. The number of carboxylic acid groups (broad SMARTS) is 1. The molecule has 3 rings (SSSR count). The van der Waals surface area contributed by atoms with Crippen molar-refractivity contribution in [1.82, 2.24) is 0 Å². The van der Waals surface area contributed by atoms with Crippen LogP contribution in [0.1, 0.15) is 99.3 Å². The number of rotatable bonds is 9. The van der Waals surface area contributed by atoms with Gasteiger partial charge in [-0.2, -0.15) is 0 Å². The summed E-state index contributed by atoms with van der Waals surface area (Å²) in [4.78, 5) is 11.6. The lowest BCUT2D eigenvalue weighted by molar-refractivity contribution is -0.178. The molecule has 0 bridgehead atoms. The van der Waals surface area contributed by atoms with E-state index >= 15 is 0 Å². The quantitative estimate of drug-likeness (QED) is 0.309. The van der Waals surface area contributed by atoms with Crippen molar-refractivity contribution in [2.24, 2.45) is 39.9 Å². The number of hydrogen-bond donors (Lipinski definition) is 4. The zero-order valence-corrected chi connectivity index (χ0v) is 22.9. The number of aliphatic carboxylic acids is 1. The number of hydrogen-bond acceptors (Lipinski definition) is 4. The van der Waals surface area contributed by atoms with Crippen LogP contribution in [-0.2, 0) is 4.79 Å². The lowest BCUT2D eigenvalue weighted by Crippen LogP contribution is -2.60. The Labute approximate surface area is 212 Å². The molecule has 9 unspecified atom stereocenters. The minimum absolute atomic E-state index is 0.0789. The second-order valence-corrected chi connectivity index (χ2v) is 13.5. The highest BCUT2D eigenvalue weighted by atomic mass is 16.4. The maximum absolute atomic E-state index is 11.6. The normalized spacial score (nSPS) is 42.7. The fourth-order valence-corrected chi connectivity index (χ4v) is 9.15. The highest BCUT2D eigenvalue weighted by Gasteiger charge is 2.67. The first-order chi connectivity index (χ1) is 16.0. The molecule has 0 aliphatic heterocycles. The molecule has 3 fully saturated rings. The second kappa shape index (κ2) is 9.61. The van der Waals surface area contributed by atoms with E-state index in [1.165, 1.54) is 5.57 Å². The van der Waals surface area contributed by atoms with Crippen LogP contribution in [0.15, 0.2) is 24.3 Å². The van der Waals surface area contributed by atoms with Crippen LogP contribution < -0.4 is 0 Å². The van der Waals surface area contributed by atoms with Crippen molar-refractivity contribution >= 4 is 5.97 Å². The number of aliphatic hydroxyl groups excluding tert-OH is 1. The van der Waals surface area contributed by atoms with E-state index in [4.69, 9.17) is 0 Å². The first kappa shape index (κ1) is 28.4. The summed E-state index contributed by atoms with van der Waals surface area (Å²) in [6.07, 6.45) is 11.1. The molecular formula is C30H50O5. The molecule has 0 aromatic heterocycles. The SMILES string of the molecule is C=C(C)C1CCC2(C)C(CCC3C(C(C)(O)CC=CC(C)(O)CO)CCC32C)C1(C)CCC(=O)O. The highest BCUT2D eigenvalue weighted by Crippen LogP contribution is 2.74. The van der Waals surface area contributed by atoms with Crippen molar-refractivity contribution in [3.05, 3.63) is 24.3 Å². The van der Waals surface area contributed by atoms with Crippen molar-refractivity contribution in [3.63, 3.8) is 0 Å². The Bertz CT molecular complexity index is 844. The van der Waals surface area contributed by atoms with Gasteiger partial charge in [-0.3, -0.25) is 4.79 Å². The van der Waals surface area contributed by atoms with E-state index in [9.17, 15) is 25.2 Å². The Kier molecular flexibility index (Phi) is 7.80. The van der Waals surface area contributed by atoms with Crippen molar-refractivity contribution in [3.8, 4) is 0 Å². The second-order valence-electron chi connectivity index (χ2n) is 13.5. The molecule has 35 heavy (non-hydrogen) atoms. The number of fused-ring (bicyclic) bond motifs is 3. The van der Waals surface area contributed by atoms with Gasteiger partial charge in [-0.1, -0.05) is 45.1 Å². The predicted octanol–water partition coefficient (Wildman–Crippen LogP) is 5.73. The van der Waals surface area contributed by atoms with E-state index in [-0.39, 0.29) is 35.2 Å². The van der Waals surface area contributed by atoms with Crippen LogP contribution in [0, 0.1) is 39.9 Å². The van der Waals surface area contributed by atoms with Gasteiger partial charge in [0.1, 0.15) is 5.60 Å². The van der Waals surface area contributed by atoms with Gasteiger partial charge in [0.25, 0.3) is 0 Å². The third-order valence-corrected chi connectivity index (χ3v) is 11.3. The zero-order valence-electron chi connectivity index (χ0n) is 22.9. The summed E-state index contributed by atoms with van der Waals surface area (Å²) in [5.74, 6) is 0.664. The topological polar surface area (TPSA) is 98.0 Å². The van der Waals surface area contributed by atoms with Crippen LogP contribution in [0.5, 0.6) is 0 Å². The lowest BCUT2D eigenvalue weighted by Gasteiger charge is -2.66. The van der Waals surface area contributed by atoms with Gasteiger partial charge in [-0.25, -0.2) is 0 Å². The van der Waals surface area contributed by atoms with Crippen molar-refractivity contribution in [1.29, 1.82) is 0 Å². The highest BCUT2D eigenvalue weighted by molar-refractivity contribution is 5.66. The molecule has 0 aromatic carbocycles.